The molecule has 1 aliphatic rings. The standard InChI is InChI=1S/C12H22N4O.ClH/c1-9-7-16(6-5-13-9)8-11-10(2)14-15(3)12(11)17-4;/h9,13H,5-8H2,1-4H3;1H/t9-;/m1./s1. The maximum atomic E-state index is 5.42. The largest absolute Gasteiger partial charge is 0.481 e. The van der Waals surface area contributed by atoms with E-state index in [4.69, 9.17) is 4.74 Å². The van der Waals surface area contributed by atoms with Crippen LogP contribution in [0.2, 0.25) is 0 Å². The zero-order chi connectivity index (χ0) is 12.4. The van der Waals surface area contributed by atoms with Crippen molar-refractivity contribution in [3.63, 3.8) is 0 Å². The normalized spacial score (nSPS) is 20.6. The molecule has 0 unspecified atom stereocenters. The molecule has 1 aliphatic heterocycles. The first kappa shape index (κ1) is 15.3. The highest BCUT2D eigenvalue weighted by Gasteiger charge is 2.20. The van der Waals surface area contributed by atoms with Crippen LogP contribution >= 0.6 is 12.4 Å². The van der Waals surface area contributed by atoms with Gasteiger partial charge in [0.05, 0.1) is 18.4 Å². The Bertz CT molecular complexity index is 394. The lowest BCUT2D eigenvalue weighted by Gasteiger charge is -2.31. The van der Waals surface area contributed by atoms with Crippen LogP contribution in [0.15, 0.2) is 0 Å². The molecule has 0 bridgehead atoms. The van der Waals surface area contributed by atoms with Gasteiger partial charge in [0.1, 0.15) is 0 Å². The number of hydrogen-bond donors (Lipinski definition) is 1. The van der Waals surface area contributed by atoms with E-state index in [9.17, 15) is 0 Å². The minimum atomic E-state index is 0. The molecule has 1 fully saturated rings. The van der Waals surface area contributed by atoms with Gasteiger partial charge in [0, 0.05) is 39.3 Å². The lowest BCUT2D eigenvalue weighted by Crippen LogP contribution is -2.48. The highest BCUT2D eigenvalue weighted by atomic mass is 35.5. The monoisotopic (exact) mass is 274 g/mol. The third-order valence-electron chi connectivity index (χ3n) is 3.32. The summed E-state index contributed by atoms with van der Waals surface area (Å²) in [6.07, 6.45) is 0. The zero-order valence-corrected chi connectivity index (χ0v) is 12.4. The van der Waals surface area contributed by atoms with Crippen molar-refractivity contribution < 1.29 is 4.74 Å². The van der Waals surface area contributed by atoms with Gasteiger partial charge in [0.15, 0.2) is 0 Å². The molecular formula is C12H23ClN4O. The van der Waals surface area contributed by atoms with Gasteiger partial charge in [-0.1, -0.05) is 0 Å². The predicted molar refractivity (Wildman–Crippen MR) is 74.5 cm³/mol. The second-order valence-corrected chi connectivity index (χ2v) is 4.79. The zero-order valence-electron chi connectivity index (χ0n) is 11.6. The highest BCUT2D eigenvalue weighted by Crippen LogP contribution is 2.23. The fourth-order valence-corrected chi connectivity index (χ4v) is 2.50. The summed E-state index contributed by atoms with van der Waals surface area (Å²) < 4.78 is 7.24. The summed E-state index contributed by atoms with van der Waals surface area (Å²) in [5.41, 5.74) is 2.28. The van der Waals surface area contributed by atoms with Gasteiger partial charge in [-0.05, 0) is 13.8 Å². The van der Waals surface area contributed by atoms with Gasteiger partial charge < -0.3 is 10.1 Å². The lowest BCUT2D eigenvalue weighted by molar-refractivity contribution is 0.197. The molecule has 1 N–H and O–H groups in total. The molecule has 2 heterocycles. The number of nitrogens with zero attached hydrogens (tertiary/aromatic N) is 3. The second-order valence-electron chi connectivity index (χ2n) is 4.79. The first-order valence-corrected chi connectivity index (χ1v) is 6.14. The van der Waals surface area contributed by atoms with Crippen LogP contribution in [0, 0.1) is 6.92 Å². The fraction of sp³-hybridized carbons (Fsp3) is 0.750. The lowest BCUT2D eigenvalue weighted by atomic mass is 10.2. The van der Waals surface area contributed by atoms with E-state index in [2.05, 4.69) is 22.2 Å². The molecule has 0 spiro atoms. The number of aromatic nitrogens is 2. The number of rotatable bonds is 3. The smallest absolute Gasteiger partial charge is 0.216 e. The van der Waals surface area contributed by atoms with Gasteiger partial charge in [-0.2, -0.15) is 5.10 Å². The van der Waals surface area contributed by atoms with Crippen LogP contribution in [0.3, 0.4) is 0 Å². The van der Waals surface area contributed by atoms with Crippen molar-refractivity contribution in [2.45, 2.75) is 26.4 Å². The van der Waals surface area contributed by atoms with E-state index < -0.39 is 0 Å². The Morgan fingerprint density at radius 1 is 1.50 bits per heavy atom. The third kappa shape index (κ3) is 3.16. The van der Waals surface area contributed by atoms with E-state index in [-0.39, 0.29) is 12.4 Å². The number of methoxy groups -OCH3 is 1. The Balaban J connectivity index is 0.00000162. The summed E-state index contributed by atoms with van der Waals surface area (Å²) in [5, 5.41) is 7.87. The Morgan fingerprint density at radius 2 is 2.22 bits per heavy atom. The Hall–Kier alpha value is -0.780. The van der Waals surface area contributed by atoms with Crippen LogP contribution in [0.5, 0.6) is 5.88 Å². The van der Waals surface area contributed by atoms with Crippen molar-refractivity contribution >= 4 is 12.4 Å². The maximum Gasteiger partial charge on any atom is 0.216 e. The van der Waals surface area contributed by atoms with E-state index >= 15 is 0 Å². The van der Waals surface area contributed by atoms with E-state index in [0.29, 0.717) is 6.04 Å². The van der Waals surface area contributed by atoms with Crippen molar-refractivity contribution in [3.8, 4) is 5.88 Å². The molecule has 0 aromatic carbocycles. The van der Waals surface area contributed by atoms with Gasteiger partial charge >= 0.3 is 0 Å². The van der Waals surface area contributed by atoms with Crippen LogP contribution < -0.4 is 10.1 Å². The summed E-state index contributed by atoms with van der Waals surface area (Å²) in [7, 11) is 3.63. The van der Waals surface area contributed by atoms with Gasteiger partial charge in [-0.25, -0.2) is 4.68 Å². The van der Waals surface area contributed by atoms with E-state index in [1.54, 1.807) is 7.11 Å². The summed E-state index contributed by atoms with van der Waals surface area (Å²) in [6, 6.07) is 0.562. The van der Waals surface area contributed by atoms with Gasteiger partial charge in [0.25, 0.3) is 0 Å². The number of aryl methyl sites for hydroxylation is 2. The van der Waals surface area contributed by atoms with Crippen LogP contribution in [-0.2, 0) is 13.6 Å². The molecule has 0 saturated carbocycles. The number of halogens is 1. The summed E-state index contributed by atoms with van der Waals surface area (Å²) >= 11 is 0. The molecule has 0 aliphatic carbocycles. The molecule has 0 radical (unpaired) electrons. The van der Waals surface area contributed by atoms with Crippen molar-refractivity contribution in [1.29, 1.82) is 0 Å². The molecule has 1 aromatic heterocycles. The van der Waals surface area contributed by atoms with Gasteiger partial charge in [-0.15, -0.1) is 12.4 Å². The minimum absolute atomic E-state index is 0. The highest BCUT2D eigenvalue weighted by molar-refractivity contribution is 5.85. The number of ether oxygens (including phenoxy) is 1. The van der Waals surface area contributed by atoms with E-state index in [0.717, 1.165) is 37.8 Å². The number of nitrogens with one attached hydrogen (secondary N) is 1. The topological polar surface area (TPSA) is 42.3 Å². The average molecular weight is 275 g/mol. The van der Waals surface area contributed by atoms with Crippen molar-refractivity contribution in [2.75, 3.05) is 26.7 Å². The first-order chi connectivity index (χ1) is 8.11. The third-order valence-corrected chi connectivity index (χ3v) is 3.32. The number of hydrogen-bond acceptors (Lipinski definition) is 4. The Labute approximate surface area is 115 Å². The van der Waals surface area contributed by atoms with Gasteiger partial charge in [-0.3, -0.25) is 4.90 Å². The fourth-order valence-electron chi connectivity index (χ4n) is 2.50. The Morgan fingerprint density at radius 3 is 2.83 bits per heavy atom. The molecule has 5 nitrogen and oxygen atoms in total. The minimum Gasteiger partial charge on any atom is -0.481 e. The van der Waals surface area contributed by atoms with Crippen LogP contribution in [-0.4, -0.2) is 47.5 Å². The Kier molecular flexibility index (Phi) is 5.44. The quantitative estimate of drug-likeness (QED) is 0.891. The molecule has 1 aromatic rings. The van der Waals surface area contributed by atoms with Crippen LogP contribution in [0.25, 0.3) is 0 Å². The van der Waals surface area contributed by atoms with E-state index in [1.165, 1.54) is 5.56 Å². The van der Waals surface area contributed by atoms with Crippen molar-refractivity contribution in [3.05, 3.63) is 11.3 Å². The molecule has 18 heavy (non-hydrogen) atoms. The second kappa shape index (κ2) is 6.41. The number of piperazine rings is 1. The summed E-state index contributed by atoms with van der Waals surface area (Å²) in [5.74, 6) is 0.883. The predicted octanol–water partition coefficient (Wildman–Crippen LogP) is 0.953. The van der Waals surface area contributed by atoms with Crippen molar-refractivity contribution in [2.24, 2.45) is 7.05 Å². The average Bonchev–Trinajstić information content (AvgIpc) is 2.53. The van der Waals surface area contributed by atoms with Crippen molar-refractivity contribution in [1.82, 2.24) is 20.0 Å². The SMILES string of the molecule is COc1c(CN2CCN[C@H](C)C2)c(C)nn1C.Cl. The molecule has 6 heteroatoms. The van der Waals surface area contributed by atoms with Crippen LogP contribution in [0.4, 0.5) is 0 Å². The van der Waals surface area contributed by atoms with E-state index in [1.807, 2.05) is 18.7 Å². The van der Waals surface area contributed by atoms with Crippen LogP contribution in [0.1, 0.15) is 18.2 Å². The summed E-state index contributed by atoms with van der Waals surface area (Å²) in [6.45, 7) is 8.42. The molecular weight excluding hydrogens is 252 g/mol. The molecule has 1 atom stereocenters. The maximum absolute atomic E-state index is 5.42. The molecule has 2 rings (SSSR count). The molecule has 0 amide bonds. The molecule has 1 saturated heterocycles. The molecule has 104 valence electrons. The van der Waals surface area contributed by atoms with Gasteiger partial charge in [0.2, 0.25) is 5.88 Å². The summed E-state index contributed by atoms with van der Waals surface area (Å²) in [4.78, 5) is 2.45. The first-order valence-electron chi connectivity index (χ1n) is 6.14.